The van der Waals surface area contributed by atoms with Crippen LogP contribution in [0, 0.1) is 11.8 Å². The molecule has 1 aromatic heterocycles. The Kier molecular flexibility index (Phi) is 4.03. The van der Waals surface area contributed by atoms with Crippen LogP contribution in [-0.4, -0.2) is 46.2 Å². The van der Waals surface area contributed by atoms with Crippen molar-refractivity contribution in [3.05, 3.63) is 11.7 Å². The number of rotatable bonds is 6. The molecule has 0 bridgehead atoms. The van der Waals surface area contributed by atoms with Gasteiger partial charge in [-0.15, -0.1) is 0 Å². The summed E-state index contributed by atoms with van der Waals surface area (Å²) in [5.41, 5.74) is 0. The number of carbonyl (C=O) groups is 2. The van der Waals surface area contributed by atoms with Crippen LogP contribution < -0.4 is 0 Å². The molecule has 0 saturated heterocycles. The fourth-order valence-corrected chi connectivity index (χ4v) is 1.91. The van der Waals surface area contributed by atoms with Crippen LogP contribution in [0.5, 0.6) is 0 Å². The Bertz CT molecular complexity index is 515. The minimum absolute atomic E-state index is 0.158. The number of methoxy groups -OCH3 is 1. The minimum atomic E-state index is -0.925. The maximum atomic E-state index is 12.0. The highest BCUT2D eigenvalue weighted by molar-refractivity contribution is 5.89. The predicted molar refractivity (Wildman–Crippen MR) is 65.4 cm³/mol. The predicted octanol–water partition coefficient (Wildman–Crippen LogP) is 0.456. The molecular weight excluding hydrogens is 266 g/mol. The van der Waals surface area contributed by atoms with Crippen molar-refractivity contribution < 1.29 is 24.0 Å². The molecule has 1 aromatic rings. The van der Waals surface area contributed by atoms with Crippen LogP contribution in [-0.2, 0) is 20.9 Å². The van der Waals surface area contributed by atoms with E-state index in [2.05, 4.69) is 10.1 Å². The van der Waals surface area contributed by atoms with Crippen LogP contribution >= 0.6 is 0 Å². The Morgan fingerprint density at radius 3 is 2.80 bits per heavy atom. The van der Waals surface area contributed by atoms with E-state index in [1.165, 1.54) is 12.0 Å². The fourth-order valence-electron chi connectivity index (χ4n) is 1.91. The summed E-state index contributed by atoms with van der Waals surface area (Å²) in [5, 5.41) is 12.6. The Morgan fingerprint density at radius 1 is 1.55 bits per heavy atom. The van der Waals surface area contributed by atoms with Gasteiger partial charge < -0.3 is 19.3 Å². The molecule has 1 aliphatic carbocycles. The molecule has 0 radical (unpaired) electrons. The number of carboxylic acids is 1. The van der Waals surface area contributed by atoms with E-state index < -0.39 is 17.8 Å². The van der Waals surface area contributed by atoms with E-state index in [4.69, 9.17) is 14.4 Å². The van der Waals surface area contributed by atoms with Gasteiger partial charge in [0.15, 0.2) is 5.82 Å². The van der Waals surface area contributed by atoms with Gasteiger partial charge in [-0.2, -0.15) is 4.98 Å². The summed E-state index contributed by atoms with van der Waals surface area (Å²) in [4.78, 5) is 28.2. The van der Waals surface area contributed by atoms with Gasteiger partial charge in [0.2, 0.25) is 11.8 Å². The second kappa shape index (κ2) is 5.58. The molecule has 3 atom stereocenters. The number of carboxylic acid groups (broad SMARTS) is 1. The minimum Gasteiger partial charge on any atom is -0.481 e. The number of amides is 1. The molecular formula is C12H17N3O5. The molecule has 1 saturated carbocycles. The Labute approximate surface area is 115 Å². The monoisotopic (exact) mass is 283 g/mol. The molecule has 0 aliphatic heterocycles. The van der Waals surface area contributed by atoms with Crippen molar-refractivity contribution in [2.45, 2.75) is 26.0 Å². The molecule has 1 heterocycles. The molecule has 0 unspecified atom stereocenters. The van der Waals surface area contributed by atoms with Gasteiger partial charge in [0.1, 0.15) is 6.10 Å². The SMILES string of the molecule is CO[C@H](C)c1noc(CN(C)C(=O)[C@@H]2C[C@@H]2C(=O)O)n1. The molecule has 110 valence electrons. The zero-order chi connectivity index (χ0) is 14.9. The first kappa shape index (κ1) is 14.4. The van der Waals surface area contributed by atoms with Crippen LogP contribution in [0.15, 0.2) is 4.52 Å². The lowest BCUT2D eigenvalue weighted by molar-refractivity contribution is -0.141. The summed E-state index contributed by atoms with van der Waals surface area (Å²) in [6, 6.07) is 0. The normalized spacial score (nSPS) is 22.4. The van der Waals surface area contributed by atoms with Crippen LogP contribution in [0.3, 0.4) is 0 Å². The number of carbonyl (C=O) groups excluding carboxylic acids is 1. The third-order valence-electron chi connectivity index (χ3n) is 3.37. The van der Waals surface area contributed by atoms with Crippen molar-refractivity contribution in [3.63, 3.8) is 0 Å². The van der Waals surface area contributed by atoms with Crippen molar-refractivity contribution in [1.82, 2.24) is 15.0 Å². The van der Waals surface area contributed by atoms with E-state index in [1.54, 1.807) is 14.0 Å². The smallest absolute Gasteiger partial charge is 0.307 e. The van der Waals surface area contributed by atoms with Crippen molar-refractivity contribution in [2.24, 2.45) is 11.8 Å². The first-order chi connectivity index (χ1) is 9.43. The van der Waals surface area contributed by atoms with Crippen molar-refractivity contribution in [2.75, 3.05) is 14.2 Å². The van der Waals surface area contributed by atoms with Gasteiger partial charge in [-0.1, -0.05) is 5.16 Å². The van der Waals surface area contributed by atoms with Crippen molar-refractivity contribution in [3.8, 4) is 0 Å². The first-order valence-electron chi connectivity index (χ1n) is 6.27. The van der Waals surface area contributed by atoms with E-state index in [0.717, 1.165) is 0 Å². The van der Waals surface area contributed by atoms with Crippen LogP contribution in [0.2, 0.25) is 0 Å². The number of hydrogen-bond acceptors (Lipinski definition) is 6. The van der Waals surface area contributed by atoms with Gasteiger partial charge in [0, 0.05) is 14.2 Å². The second-order valence-electron chi connectivity index (χ2n) is 4.91. The van der Waals surface area contributed by atoms with Gasteiger partial charge in [-0.3, -0.25) is 9.59 Å². The molecule has 1 aliphatic rings. The maximum Gasteiger partial charge on any atom is 0.307 e. The highest BCUT2D eigenvalue weighted by Crippen LogP contribution is 2.40. The molecule has 8 nitrogen and oxygen atoms in total. The van der Waals surface area contributed by atoms with Crippen LogP contribution in [0.1, 0.15) is 31.2 Å². The van der Waals surface area contributed by atoms with Crippen molar-refractivity contribution >= 4 is 11.9 Å². The average molecular weight is 283 g/mol. The third-order valence-corrected chi connectivity index (χ3v) is 3.37. The van der Waals surface area contributed by atoms with E-state index in [-0.39, 0.29) is 18.6 Å². The van der Waals surface area contributed by atoms with Crippen molar-refractivity contribution in [1.29, 1.82) is 0 Å². The van der Waals surface area contributed by atoms with Crippen LogP contribution in [0.25, 0.3) is 0 Å². The van der Waals surface area contributed by atoms with Gasteiger partial charge in [-0.25, -0.2) is 0 Å². The Balaban J connectivity index is 1.91. The average Bonchev–Trinajstić information content (AvgIpc) is 3.10. The number of aliphatic carboxylic acids is 1. The highest BCUT2D eigenvalue weighted by atomic mass is 16.5. The summed E-state index contributed by atoms with van der Waals surface area (Å²) in [5.74, 6) is -1.41. The highest BCUT2D eigenvalue weighted by Gasteiger charge is 2.49. The molecule has 0 aromatic carbocycles. The van der Waals surface area contributed by atoms with E-state index in [1.807, 2.05) is 0 Å². The molecule has 20 heavy (non-hydrogen) atoms. The van der Waals surface area contributed by atoms with Gasteiger partial charge in [-0.05, 0) is 13.3 Å². The number of ether oxygens (including phenoxy) is 1. The topological polar surface area (TPSA) is 106 Å². The second-order valence-corrected chi connectivity index (χ2v) is 4.91. The Morgan fingerprint density at radius 2 is 2.25 bits per heavy atom. The van der Waals surface area contributed by atoms with Gasteiger partial charge in [0.25, 0.3) is 0 Å². The summed E-state index contributed by atoms with van der Waals surface area (Å²) in [6.07, 6.45) is 0.113. The lowest BCUT2D eigenvalue weighted by Gasteiger charge is -2.14. The van der Waals surface area contributed by atoms with Gasteiger partial charge in [0.05, 0.1) is 18.4 Å². The van der Waals surface area contributed by atoms with E-state index in [9.17, 15) is 9.59 Å². The molecule has 1 fully saturated rings. The molecule has 0 spiro atoms. The van der Waals surface area contributed by atoms with Gasteiger partial charge >= 0.3 is 5.97 Å². The Hall–Kier alpha value is -1.96. The zero-order valence-corrected chi connectivity index (χ0v) is 11.6. The van der Waals surface area contributed by atoms with Crippen LogP contribution in [0.4, 0.5) is 0 Å². The fraction of sp³-hybridized carbons (Fsp3) is 0.667. The lowest BCUT2D eigenvalue weighted by Crippen LogP contribution is -2.29. The largest absolute Gasteiger partial charge is 0.481 e. The quantitative estimate of drug-likeness (QED) is 0.808. The number of aromatic nitrogens is 2. The molecule has 1 amide bonds. The summed E-state index contributed by atoms with van der Waals surface area (Å²) in [6.45, 7) is 1.94. The zero-order valence-electron chi connectivity index (χ0n) is 11.6. The number of nitrogens with zero attached hydrogens (tertiary/aromatic N) is 3. The first-order valence-corrected chi connectivity index (χ1v) is 6.27. The van der Waals surface area contributed by atoms with E-state index in [0.29, 0.717) is 18.1 Å². The molecule has 2 rings (SSSR count). The summed E-state index contributed by atoms with van der Waals surface area (Å²) < 4.78 is 10.1. The van der Waals surface area contributed by atoms with E-state index >= 15 is 0 Å². The maximum absolute atomic E-state index is 12.0. The number of hydrogen-bond donors (Lipinski definition) is 1. The molecule has 1 N–H and O–H groups in total. The lowest BCUT2D eigenvalue weighted by atomic mass is 10.3. The summed E-state index contributed by atoms with van der Waals surface area (Å²) >= 11 is 0. The molecule has 8 heteroatoms. The third kappa shape index (κ3) is 2.96. The standard InChI is InChI=1S/C12H17N3O5/c1-6(19-3)10-13-9(20-14-10)5-15(2)11(16)7-4-8(7)12(17)18/h6-8H,4-5H2,1-3H3,(H,17,18)/t6-,7-,8+/m1/s1. The summed E-state index contributed by atoms with van der Waals surface area (Å²) in [7, 11) is 3.12.